The Morgan fingerprint density at radius 3 is 2.60 bits per heavy atom. The highest BCUT2D eigenvalue weighted by Crippen LogP contribution is 2.36. The van der Waals surface area contributed by atoms with Gasteiger partial charge in [0.1, 0.15) is 0 Å². The van der Waals surface area contributed by atoms with E-state index < -0.39 is 6.10 Å². The van der Waals surface area contributed by atoms with Gasteiger partial charge in [0.05, 0.1) is 15.9 Å². The smallest absolute Gasteiger partial charge is 0.283 e. The van der Waals surface area contributed by atoms with Crippen molar-refractivity contribution in [1.82, 2.24) is 0 Å². The van der Waals surface area contributed by atoms with Crippen LogP contribution in [0.2, 0.25) is 0 Å². The highest BCUT2D eigenvalue weighted by atomic mass is 79.9. The number of benzene rings is 2. The molecule has 0 unspecified atom stereocenters. The second-order valence-corrected chi connectivity index (χ2v) is 6.16. The van der Waals surface area contributed by atoms with E-state index >= 15 is 0 Å². The first-order valence-corrected chi connectivity index (χ1v) is 7.49. The molecule has 0 spiro atoms. The van der Waals surface area contributed by atoms with Crippen molar-refractivity contribution in [3.8, 4) is 0 Å². The number of hydrogen-bond acceptors (Lipinski definition) is 4. The van der Waals surface area contributed by atoms with Crippen LogP contribution in [0.25, 0.3) is 0 Å². The summed E-state index contributed by atoms with van der Waals surface area (Å²) < 4.78 is 0.788. The lowest BCUT2D eigenvalue weighted by Crippen LogP contribution is -1.93. The topological polar surface area (TPSA) is 63.4 Å². The summed E-state index contributed by atoms with van der Waals surface area (Å²) in [6.07, 6.45) is -0.561. The van der Waals surface area contributed by atoms with Crippen molar-refractivity contribution in [3.63, 3.8) is 0 Å². The maximum Gasteiger partial charge on any atom is 0.283 e. The van der Waals surface area contributed by atoms with Crippen molar-refractivity contribution in [3.05, 3.63) is 62.6 Å². The van der Waals surface area contributed by atoms with Gasteiger partial charge < -0.3 is 5.11 Å². The summed E-state index contributed by atoms with van der Waals surface area (Å²) in [7, 11) is 0. The first-order valence-electron chi connectivity index (χ1n) is 5.88. The number of aliphatic hydroxyl groups is 1. The number of halogens is 1. The SMILES string of the molecule is C[C@@H](O)c1ccc(Sc2ccccc2[N+](=O)[O-])cc1Br. The van der Waals surface area contributed by atoms with E-state index in [-0.39, 0.29) is 10.6 Å². The summed E-state index contributed by atoms with van der Waals surface area (Å²) in [6, 6.07) is 12.1. The molecule has 2 rings (SSSR count). The molecule has 0 aliphatic rings. The van der Waals surface area contributed by atoms with Gasteiger partial charge in [-0.1, -0.05) is 45.9 Å². The second-order valence-electron chi connectivity index (χ2n) is 4.19. The van der Waals surface area contributed by atoms with E-state index in [9.17, 15) is 15.2 Å². The summed E-state index contributed by atoms with van der Waals surface area (Å²) in [5.74, 6) is 0. The fourth-order valence-corrected chi connectivity index (χ4v) is 3.55. The molecular weight excluding hydrogens is 342 g/mol. The van der Waals surface area contributed by atoms with Crippen molar-refractivity contribution < 1.29 is 10.0 Å². The average Bonchev–Trinajstić information content (AvgIpc) is 2.38. The number of para-hydroxylation sites is 1. The van der Waals surface area contributed by atoms with Gasteiger partial charge in [-0.15, -0.1) is 0 Å². The van der Waals surface area contributed by atoms with E-state index in [1.807, 2.05) is 18.2 Å². The molecule has 1 atom stereocenters. The van der Waals surface area contributed by atoms with Crippen LogP contribution in [0.15, 0.2) is 56.7 Å². The summed E-state index contributed by atoms with van der Waals surface area (Å²) in [5, 5.41) is 20.5. The van der Waals surface area contributed by atoms with Gasteiger partial charge in [-0.25, -0.2) is 0 Å². The van der Waals surface area contributed by atoms with Crippen molar-refractivity contribution in [2.24, 2.45) is 0 Å². The van der Waals surface area contributed by atoms with Crippen molar-refractivity contribution >= 4 is 33.4 Å². The van der Waals surface area contributed by atoms with Gasteiger partial charge in [0, 0.05) is 15.4 Å². The van der Waals surface area contributed by atoms with Crippen molar-refractivity contribution in [1.29, 1.82) is 0 Å². The molecule has 0 bridgehead atoms. The Morgan fingerprint density at radius 1 is 1.30 bits per heavy atom. The summed E-state index contributed by atoms with van der Waals surface area (Å²) in [4.78, 5) is 12.0. The zero-order valence-corrected chi connectivity index (χ0v) is 13.0. The lowest BCUT2D eigenvalue weighted by atomic mass is 10.1. The first-order chi connectivity index (χ1) is 9.49. The molecule has 2 aromatic rings. The number of nitrogens with zero attached hydrogens (tertiary/aromatic N) is 1. The summed E-state index contributed by atoms with van der Waals surface area (Å²) in [5.41, 5.74) is 0.880. The Balaban J connectivity index is 2.31. The van der Waals surface area contributed by atoms with Crippen molar-refractivity contribution in [2.45, 2.75) is 22.8 Å². The molecule has 1 N–H and O–H groups in total. The summed E-state index contributed by atoms with van der Waals surface area (Å²) in [6.45, 7) is 1.69. The van der Waals surface area contributed by atoms with Crippen LogP contribution >= 0.6 is 27.7 Å². The van der Waals surface area contributed by atoms with Crippen LogP contribution in [-0.4, -0.2) is 10.0 Å². The van der Waals surface area contributed by atoms with Crippen LogP contribution in [-0.2, 0) is 0 Å². The van der Waals surface area contributed by atoms with E-state index in [1.54, 1.807) is 25.1 Å². The van der Waals surface area contributed by atoms with Gasteiger partial charge in [-0.2, -0.15) is 0 Å². The molecule has 0 saturated carbocycles. The molecule has 0 heterocycles. The summed E-state index contributed by atoms with van der Waals surface area (Å²) >= 11 is 4.73. The van der Waals surface area contributed by atoms with Gasteiger partial charge in [0.15, 0.2) is 0 Å². The molecule has 2 aromatic carbocycles. The lowest BCUT2D eigenvalue weighted by molar-refractivity contribution is -0.387. The number of aliphatic hydroxyl groups excluding tert-OH is 1. The van der Waals surface area contributed by atoms with Crippen molar-refractivity contribution in [2.75, 3.05) is 0 Å². The maximum atomic E-state index is 11.0. The largest absolute Gasteiger partial charge is 0.389 e. The van der Waals surface area contributed by atoms with Crippen LogP contribution in [0.1, 0.15) is 18.6 Å². The molecule has 20 heavy (non-hydrogen) atoms. The fraction of sp³-hybridized carbons (Fsp3) is 0.143. The van der Waals surface area contributed by atoms with E-state index in [0.717, 1.165) is 14.9 Å². The molecule has 104 valence electrons. The van der Waals surface area contributed by atoms with Gasteiger partial charge in [0.25, 0.3) is 5.69 Å². The molecule has 0 fully saturated rings. The highest BCUT2D eigenvalue weighted by Gasteiger charge is 2.14. The standard InChI is InChI=1S/C14H12BrNO3S/c1-9(17)11-7-6-10(8-12(11)15)20-14-5-3-2-4-13(14)16(18)19/h2-9,17H,1H3/t9-/m1/s1. The Hall–Kier alpha value is -1.37. The zero-order chi connectivity index (χ0) is 14.7. The molecular formula is C14H12BrNO3S. The normalized spacial score (nSPS) is 12.2. The molecule has 0 aliphatic carbocycles. The second kappa shape index (κ2) is 6.39. The maximum absolute atomic E-state index is 11.0. The minimum Gasteiger partial charge on any atom is -0.389 e. The number of rotatable bonds is 4. The Morgan fingerprint density at radius 2 is 2.00 bits per heavy atom. The van der Waals surface area contributed by atoms with Crippen LogP contribution in [0.5, 0.6) is 0 Å². The van der Waals surface area contributed by atoms with Crippen LogP contribution < -0.4 is 0 Å². The third kappa shape index (κ3) is 3.39. The number of hydrogen-bond donors (Lipinski definition) is 1. The third-order valence-electron chi connectivity index (χ3n) is 2.71. The minimum atomic E-state index is -0.561. The van der Waals surface area contributed by atoms with Gasteiger partial charge >= 0.3 is 0 Å². The van der Waals surface area contributed by atoms with E-state index in [2.05, 4.69) is 15.9 Å². The molecule has 0 amide bonds. The molecule has 4 nitrogen and oxygen atoms in total. The quantitative estimate of drug-likeness (QED) is 0.646. The van der Waals surface area contributed by atoms with Gasteiger partial charge in [-0.05, 0) is 30.7 Å². The van der Waals surface area contributed by atoms with Gasteiger partial charge in [-0.3, -0.25) is 10.1 Å². The minimum absolute atomic E-state index is 0.0909. The number of nitro groups is 1. The highest BCUT2D eigenvalue weighted by molar-refractivity contribution is 9.10. The Bertz CT molecular complexity index is 646. The Kier molecular flexibility index (Phi) is 4.80. The predicted molar refractivity (Wildman–Crippen MR) is 82.0 cm³/mol. The molecule has 0 saturated heterocycles. The lowest BCUT2D eigenvalue weighted by Gasteiger charge is -2.09. The fourth-order valence-electron chi connectivity index (χ4n) is 1.73. The third-order valence-corrected chi connectivity index (χ3v) is 4.45. The van der Waals surface area contributed by atoms with Crippen LogP contribution in [0, 0.1) is 10.1 Å². The monoisotopic (exact) mass is 353 g/mol. The molecule has 0 aromatic heterocycles. The van der Waals surface area contributed by atoms with Crippen LogP contribution in [0.4, 0.5) is 5.69 Å². The zero-order valence-electron chi connectivity index (χ0n) is 10.6. The van der Waals surface area contributed by atoms with E-state index in [0.29, 0.717) is 4.90 Å². The number of nitro benzene ring substituents is 1. The van der Waals surface area contributed by atoms with E-state index in [1.165, 1.54) is 17.8 Å². The van der Waals surface area contributed by atoms with Crippen LogP contribution in [0.3, 0.4) is 0 Å². The molecule has 0 aliphatic heterocycles. The molecule has 0 radical (unpaired) electrons. The first kappa shape index (κ1) is 15.0. The Labute approximate surface area is 129 Å². The molecule has 6 heteroatoms. The van der Waals surface area contributed by atoms with Gasteiger partial charge in [0.2, 0.25) is 0 Å². The average molecular weight is 354 g/mol. The van der Waals surface area contributed by atoms with E-state index in [4.69, 9.17) is 0 Å². The predicted octanol–water partition coefficient (Wildman–Crippen LogP) is 4.56.